The van der Waals surface area contributed by atoms with Crippen molar-refractivity contribution in [1.82, 2.24) is 19.9 Å². The van der Waals surface area contributed by atoms with Gasteiger partial charge in [0.25, 0.3) is 0 Å². The number of H-pyrrole nitrogens is 1. The summed E-state index contributed by atoms with van der Waals surface area (Å²) in [5.41, 5.74) is 1.35. The second-order valence-corrected chi connectivity index (χ2v) is 5.93. The van der Waals surface area contributed by atoms with Crippen molar-refractivity contribution in [3.8, 4) is 11.9 Å². The van der Waals surface area contributed by atoms with Crippen molar-refractivity contribution in [1.29, 1.82) is 0 Å². The molecule has 2 aromatic heterocycles. The Morgan fingerprint density at radius 2 is 2.05 bits per heavy atom. The zero-order chi connectivity index (χ0) is 15.2. The van der Waals surface area contributed by atoms with Gasteiger partial charge in [0, 0.05) is 0 Å². The van der Waals surface area contributed by atoms with Gasteiger partial charge in [-0.15, -0.1) is 0 Å². The fraction of sp³-hybridized carbons (Fsp3) is 0.688. The largest absolute Gasteiger partial charge is 0.476 e. The molecule has 6 nitrogen and oxygen atoms in total. The molecule has 0 unspecified atom stereocenters. The summed E-state index contributed by atoms with van der Waals surface area (Å²) in [6, 6.07) is 0.353. The molecule has 1 fully saturated rings. The van der Waals surface area contributed by atoms with Crippen LogP contribution in [0.3, 0.4) is 0 Å². The Labute approximate surface area is 130 Å². The number of ether oxygens (including phenoxy) is 2. The Balaban J connectivity index is 1.70. The van der Waals surface area contributed by atoms with Crippen molar-refractivity contribution >= 4 is 11.2 Å². The fourth-order valence-corrected chi connectivity index (χ4v) is 2.81. The summed E-state index contributed by atoms with van der Waals surface area (Å²) < 4.78 is 11.6. The van der Waals surface area contributed by atoms with Crippen LogP contribution in [-0.2, 0) is 0 Å². The smallest absolute Gasteiger partial charge is 0.321 e. The third kappa shape index (κ3) is 3.67. The number of hydrogen-bond acceptors (Lipinski definition) is 5. The highest BCUT2D eigenvalue weighted by Gasteiger charge is 2.17. The first kappa shape index (κ1) is 15.1. The Morgan fingerprint density at radius 3 is 2.86 bits per heavy atom. The number of nitrogens with zero attached hydrogens (tertiary/aromatic N) is 3. The van der Waals surface area contributed by atoms with Crippen molar-refractivity contribution in [2.45, 2.75) is 51.9 Å². The highest BCUT2D eigenvalue weighted by atomic mass is 16.5. The number of hydrogen-bond donors (Lipinski definition) is 1. The minimum absolute atomic E-state index is 0.353. The zero-order valence-electron chi connectivity index (χ0n) is 13.2. The van der Waals surface area contributed by atoms with Crippen LogP contribution in [0, 0.1) is 5.92 Å². The molecule has 6 heteroatoms. The maximum atomic E-state index is 5.96. The first-order valence-corrected chi connectivity index (χ1v) is 8.33. The van der Waals surface area contributed by atoms with Crippen molar-refractivity contribution in [3.05, 3.63) is 6.33 Å². The van der Waals surface area contributed by atoms with Gasteiger partial charge in [-0.2, -0.15) is 9.97 Å². The van der Waals surface area contributed by atoms with Gasteiger partial charge in [0.05, 0.1) is 19.5 Å². The summed E-state index contributed by atoms with van der Waals surface area (Å²) in [4.78, 5) is 16.0. The monoisotopic (exact) mass is 304 g/mol. The van der Waals surface area contributed by atoms with Gasteiger partial charge in [-0.25, -0.2) is 4.98 Å². The lowest BCUT2D eigenvalue weighted by molar-refractivity contribution is 0.201. The third-order valence-electron chi connectivity index (χ3n) is 4.14. The number of aromatic amines is 1. The zero-order valence-corrected chi connectivity index (χ0v) is 13.2. The molecular formula is C16H24N4O2. The van der Waals surface area contributed by atoms with Crippen molar-refractivity contribution in [2.24, 2.45) is 5.92 Å². The van der Waals surface area contributed by atoms with E-state index in [1.54, 1.807) is 6.33 Å². The maximum absolute atomic E-state index is 5.96. The second kappa shape index (κ2) is 7.42. The number of imidazole rings is 1. The molecule has 0 aromatic carbocycles. The maximum Gasteiger partial charge on any atom is 0.321 e. The highest BCUT2D eigenvalue weighted by molar-refractivity contribution is 5.75. The predicted octanol–water partition coefficient (Wildman–Crippen LogP) is 3.49. The van der Waals surface area contributed by atoms with Crippen molar-refractivity contribution < 1.29 is 9.47 Å². The van der Waals surface area contributed by atoms with E-state index in [4.69, 9.17) is 9.47 Å². The Bertz CT molecular complexity index is 593. The van der Waals surface area contributed by atoms with Crippen LogP contribution in [0.15, 0.2) is 6.33 Å². The molecule has 1 aliphatic rings. The summed E-state index contributed by atoms with van der Waals surface area (Å²) in [5.74, 6) is 1.19. The van der Waals surface area contributed by atoms with E-state index in [0.29, 0.717) is 36.7 Å². The lowest BCUT2D eigenvalue weighted by Crippen LogP contribution is -2.16. The van der Waals surface area contributed by atoms with Crippen LogP contribution in [-0.4, -0.2) is 33.1 Å². The number of unbranched alkanes of at least 4 members (excludes halogenated alkanes) is 1. The molecule has 0 spiro atoms. The van der Waals surface area contributed by atoms with Gasteiger partial charge in [-0.1, -0.05) is 32.6 Å². The van der Waals surface area contributed by atoms with Gasteiger partial charge in [0.2, 0.25) is 5.88 Å². The van der Waals surface area contributed by atoms with Crippen molar-refractivity contribution in [3.63, 3.8) is 0 Å². The molecule has 1 aliphatic carbocycles. The van der Waals surface area contributed by atoms with Crippen LogP contribution < -0.4 is 9.47 Å². The van der Waals surface area contributed by atoms with E-state index in [1.807, 2.05) is 0 Å². The molecule has 2 aromatic rings. The van der Waals surface area contributed by atoms with E-state index in [0.717, 1.165) is 18.4 Å². The Kier molecular flexibility index (Phi) is 5.08. The van der Waals surface area contributed by atoms with Crippen LogP contribution >= 0.6 is 0 Å². The van der Waals surface area contributed by atoms with E-state index in [2.05, 4.69) is 26.9 Å². The van der Waals surface area contributed by atoms with E-state index in [1.165, 1.54) is 32.1 Å². The fourth-order valence-electron chi connectivity index (χ4n) is 2.81. The lowest BCUT2D eigenvalue weighted by Gasteiger charge is -2.21. The van der Waals surface area contributed by atoms with Crippen LogP contribution in [0.4, 0.5) is 0 Å². The van der Waals surface area contributed by atoms with Gasteiger partial charge in [0.1, 0.15) is 5.52 Å². The molecule has 0 atom stereocenters. The van der Waals surface area contributed by atoms with E-state index in [9.17, 15) is 0 Å². The van der Waals surface area contributed by atoms with Crippen molar-refractivity contribution in [2.75, 3.05) is 13.2 Å². The Morgan fingerprint density at radius 1 is 1.18 bits per heavy atom. The molecule has 1 N–H and O–H groups in total. The molecule has 22 heavy (non-hydrogen) atoms. The molecule has 0 amide bonds. The Hall–Kier alpha value is -1.85. The molecule has 2 heterocycles. The summed E-state index contributed by atoms with van der Waals surface area (Å²) in [7, 11) is 0. The molecule has 0 bridgehead atoms. The summed E-state index contributed by atoms with van der Waals surface area (Å²) in [6.07, 6.45) is 10.1. The highest BCUT2D eigenvalue weighted by Crippen LogP contribution is 2.26. The van der Waals surface area contributed by atoms with Gasteiger partial charge in [0.15, 0.2) is 5.65 Å². The quantitative estimate of drug-likeness (QED) is 0.793. The number of rotatable bonds is 7. The van der Waals surface area contributed by atoms with E-state index < -0.39 is 0 Å². The second-order valence-electron chi connectivity index (χ2n) is 5.93. The summed E-state index contributed by atoms with van der Waals surface area (Å²) in [6.45, 7) is 3.45. The standard InChI is InChI=1S/C16H24N4O2/c1-2-3-9-21-16-19-14-13(17-11-18-14)15(20-16)22-10-12-7-5-4-6-8-12/h11-12H,2-10H2,1H3,(H,17,18,19,20). The normalized spacial score (nSPS) is 16.0. The third-order valence-corrected chi connectivity index (χ3v) is 4.14. The average Bonchev–Trinajstić information content (AvgIpc) is 3.02. The predicted molar refractivity (Wildman–Crippen MR) is 84.2 cm³/mol. The van der Waals surface area contributed by atoms with E-state index >= 15 is 0 Å². The van der Waals surface area contributed by atoms with Gasteiger partial charge >= 0.3 is 6.01 Å². The van der Waals surface area contributed by atoms with Crippen LogP contribution in [0.2, 0.25) is 0 Å². The lowest BCUT2D eigenvalue weighted by atomic mass is 9.90. The number of nitrogens with one attached hydrogen (secondary N) is 1. The van der Waals surface area contributed by atoms with Gasteiger partial charge < -0.3 is 14.5 Å². The van der Waals surface area contributed by atoms with Gasteiger partial charge in [-0.3, -0.25) is 0 Å². The van der Waals surface area contributed by atoms with Gasteiger partial charge in [-0.05, 0) is 25.2 Å². The SMILES string of the molecule is CCCCOc1nc(OCC2CCCCC2)c2[nH]cnc2n1. The minimum atomic E-state index is 0.353. The minimum Gasteiger partial charge on any atom is -0.476 e. The number of fused-ring (bicyclic) bond motifs is 1. The molecule has 1 saturated carbocycles. The molecule has 0 aliphatic heterocycles. The topological polar surface area (TPSA) is 72.9 Å². The molecule has 3 rings (SSSR count). The molecule has 120 valence electrons. The first-order valence-electron chi connectivity index (χ1n) is 8.33. The first-order chi connectivity index (χ1) is 10.9. The molecule has 0 radical (unpaired) electrons. The summed E-state index contributed by atoms with van der Waals surface area (Å²) in [5, 5.41) is 0. The molecule has 0 saturated heterocycles. The van der Waals surface area contributed by atoms with E-state index in [-0.39, 0.29) is 0 Å². The molecular weight excluding hydrogens is 280 g/mol. The summed E-state index contributed by atoms with van der Waals surface area (Å²) >= 11 is 0. The number of aromatic nitrogens is 4. The van der Waals surface area contributed by atoms with Crippen LogP contribution in [0.1, 0.15) is 51.9 Å². The van der Waals surface area contributed by atoms with Crippen LogP contribution in [0.5, 0.6) is 11.9 Å². The van der Waals surface area contributed by atoms with Crippen LogP contribution in [0.25, 0.3) is 11.2 Å². The average molecular weight is 304 g/mol.